The van der Waals surface area contributed by atoms with Crippen LogP contribution in [0.1, 0.15) is 31.8 Å². The van der Waals surface area contributed by atoms with Crippen molar-refractivity contribution in [3.63, 3.8) is 0 Å². The van der Waals surface area contributed by atoms with Gasteiger partial charge in [0.2, 0.25) is 0 Å². The van der Waals surface area contributed by atoms with Crippen LogP contribution in [0, 0.1) is 13.8 Å². The van der Waals surface area contributed by atoms with Gasteiger partial charge in [0.15, 0.2) is 0 Å². The van der Waals surface area contributed by atoms with Gasteiger partial charge in [0.1, 0.15) is 5.82 Å². The van der Waals surface area contributed by atoms with Crippen molar-refractivity contribution in [2.45, 2.75) is 13.8 Å². The number of anilines is 3. The highest BCUT2D eigenvalue weighted by Gasteiger charge is 2.08. The van der Waals surface area contributed by atoms with Crippen molar-refractivity contribution < 1.29 is 14.3 Å². The lowest BCUT2D eigenvalue weighted by molar-refractivity contribution is 0.0600. The minimum Gasteiger partial charge on any atom is -0.465 e. The van der Waals surface area contributed by atoms with E-state index in [1.54, 1.807) is 36.4 Å². The zero-order chi connectivity index (χ0) is 20.1. The van der Waals surface area contributed by atoms with E-state index in [-0.39, 0.29) is 11.9 Å². The second kappa shape index (κ2) is 8.35. The third-order valence-electron chi connectivity index (χ3n) is 4.37. The molecule has 0 aliphatic carbocycles. The zero-order valence-corrected chi connectivity index (χ0v) is 15.9. The molecular weight excluding hydrogens is 354 g/mol. The molecule has 0 spiro atoms. The van der Waals surface area contributed by atoms with Gasteiger partial charge in [-0.1, -0.05) is 6.07 Å². The van der Waals surface area contributed by atoms with Gasteiger partial charge in [0.05, 0.1) is 18.2 Å². The second-order valence-corrected chi connectivity index (χ2v) is 6.38. The lowest BCUT2D eigenvalue weighted by atomic mass is 10.1. The van der Waals surface area contributed by atoms with Crippen LogP contribution in [0.15, 0.2) is 60.8 Å². The highest BCUT2D eigenvalue weighted by Crippen LogP contribution is 2.18. The van der Waals surface area contributed by atoms with Gasteiger partial charge in [-0.3, -0.25) is 4.79 Å². The molecule has 1 aromatic heterocycles. The maximum Gasteiger partial charge on any atom is 0.337 e. The number of esters is 1. The first-order chi connectivity index (χ1) is 13.5. The fourth-order valence-corrected chi connectivity index (χ4v) is 2.58. The maximum absolute atomic E-state index is 12.4. The van der Waals surface area contributed by atoms with E-state index in [2.05, 4.69) is 20.4 Å². The summed E-state index contributed by atoms with van der Waals surface area (Å²) in [5.74, 6) is -0.0120. The number of carbonyl (C=O) groups excluding carboxylic acids is 2. The molecule has 0 aliphatic heterocycles. The molecule has 3 aromatic rings. The van der Waals surface area contributed by atoms with Gasteiger partial charge in [-0.05, 0) is 73.5 Å². The lowest BCUT2D eigenvalue weighted by Gasteiger charge is -2.09. The third-order valence-corrected chi connectivity index (χ3v) is 4.37. The average molecular weight is 375 g/mol. The number of ether oxygens (including phenoxy) is 1. The minimum absolute atomic E-state index is 0.218. The number of hydrogen-bond acceptors (Lipinski definition) is 5. The van der Waals surface area contributed by atoms with E-state index < -0.39 is 0 Å². The Morgan fingerprint density at radius 1 is 0.857 bits per heavy atom. The normalized spacial score (nSPS) is 10.2. The number of rotatable bonds is 5. The van der Waals surface area contributed by atoms with Crippen molar-refractivity contribution in [2.75, 3.05) is 17.7 Å². The van der Waals surface area contributed by atoms with Crippen LogP contribution in [-0.4, -0.2) is 24.0 Å². The van der Waals surface area contributed by atoms with Crippen molar-refractivity contribution >= 4 is 29.1 Å². The second-order valence-electron chi connectivity index (χ2n) is 6.38. The highest BCUT2D eigenvalue weighted by atomic mass is 16.5. The van der Waals surface area contributed by atoms with Crippen LogP contribution in [0.2, 0.25) is 0 Å². The van der Waals surface area contributed by atoms with Crippen LogP contribution in [-0.2, 0) is 4.74 Å². The molecule has 1 amide bonds. The van der Waals surface area contributed by atoms with Crippen molar-refractivity contribution in [2.24, 2.45) is 0 Å². The van der Waals surface area contributed by atoms with E-state index in [4.69, 9.17) is 0 Å². The zero-order valence-electron chi connectivity index (χ0n) is 15.9. The smallest absolute Gasteiger partial charge is 0.337 e. The van der Waals surface area contributed by atoms with Crippen molar-refractivity contribution in [1.82, 2.24) is 4.98 Å². The molecule has 2 N–H and O–H groups in total. The number of aryl methyl sites for hydroxylation is 2. The summed E-state index contributed by atoms with van der Waals surface area (Å²) in [7, 11) is 1.34. The van der Waals surface area contributed by atoms with Crippen LogP contribution in [0.3, 0.4) is 0 Å². The molecule has 0 atom stereocenters. The minimum atomic E-state index is -0.385. The number of hydrogen-bond donors (Lipinski definition) is 2. The summed E-state index contributed by atoms with van der Waals surface area (Å²) < 4.78 is 4.68. The maximum atomic E-state index is 12.4. The number of pyridine rings is 1. The van der Waals surface area contributed by atoms with E-state index in [9.17, 15) is 9.59 Å². The number of methoxy groups -OCH3 is 1. The molecule has 0 aliphatic rings. The Balaban J connectivity index is 1.64. The summed E-state index contributed by atoms with van der Waals surface area (Å²) in [6.45, 7) is 4.03. The molecule has 0 fully saturated rings. The number of benzene rings is 2. The lowest BCUT2D eigenvalue weighted by Crippen LogP contribution is -2.12. The summed E-state index contributed by atoms with van der Waals surface area (Å²) in [6, 6.07) is 16.1. The number of nitrogens with one attached hydrogen (secondary N) is 2. The molecule has 142 valence electrons. The number of aromatic nitrogens is 1. The Morgan fingerprint density at radius 2 is 1.54 bits per heavy atom. The quantitative estimate of drug-likeness (QED) is 0.643. The van der Waals surface area contributed by atoms with Gasteiger partial charge in [0.25, 0.3) is 5.91 Å². The number of carbonyl (C=O) groups is 2. The predicted molar refractivity (Wildman–Crippen MR) is 109 cm³/mol. The molecule has 0 saturated heterocycles. The van der Waals surface area contributed by atoms with Gasteiger partial charge in [-0.25, -0.2) is 9.78 Å². The first-order valence-electron chi connectivity index (χ1n) is 8.76. The summed E-state index contributed by atoms with van der Waals surface area (Å²) in [5, 5.41) is 6.00. The van der Waals surface area contributed by atoms with E-state index in [1.807, 2.05) is 32.0 Å². The van der Waals surface area contributed by atoms with Crippen LogP contribution in [0.4, 0.5) is 17.2 Å². The number of nitrogens with zero attached hydrogens (tertiary/aromatic N) is 1. The predicted octanol–water partition coefficient (Wildman–Crippen LogP) is 4.48. The van der Waals surface area contributed by atoms with Gasteiger partial charge < -0.3 is 15.4 Å². The molecule has 3 rings (SSSR count). The van der Waals surface area contributed by atoms with Gasteiger partial charge in [0, 0.05) is 17.6 Å². The van der Waals surface area contributed by atoms with Gasteiger partial charge >= 0.3 is 5.97 Å². The molecule has 0 saturated carbocycles. The fraction of sp³-hybridized carbons (Fsp3) is 0.136. The Hall–Kier alpha value is -3.67. The Bertz CT molecular complexity index is 997. The van der Waals surface area contributed by atoms with Crippen LogP contribution >= 0.6 is 0 Å². The van der Waals surface area contributed by atoms with E-state index in [1.165, 1.54) is 18.9 Å². The molecule has 0 bridgehead atoms. The molecule has 6 heteroatoms. The highest BCUT2D eigenvalue weighted by molar-refractivity contribution is 6.04. The first-order valence-corrected chi connectivity index (χ1v) is 8.76. The molecule has 0 radical (unpaired) electrons. The Kier molecular flexibility index (Phi) is 5.69. The molecule has 6 nitrogen and oxygen atoms in total. The summed E-state index contributed by atoms with van der Waals surface area (Å²) >= 11 is 0. The third kappa shape index (κ3) is 4.54. The SMILES string of the molecule is COC(=O)c1ccc(Nc2ccc(C(=O)Nc3ccc(C)c(C)c3)cn2)cc1. The summed E-state index contributed by atoms with van der Waals surface area (Å²) in [4.78, 5) is 28.1. The van der Waals surface area contributed by atoms with Crippen LogP contribution < -0.4 is 10.6 Å². The Morgan fingerprint density at radius 3 is 2.14 bits per heavy atom. The molecular formula is C22H21N3O3. The first kappa shape index (κ1) is 19.1. The summed E-state index contributed by atoms with van der Waals surface area (Å²) in [6.07, 6.45) is 1.52. The molecule has 2 aromatic carbocycles. The largest absolute Gasteiger partial charge is 0.465 e. The molecule has 1 heterocycles. The van der Waals surface area contributed by atoms with Crippen molar-refractivity contribution in [3.8, 4) is 0 Å². The standard InChI is InChI=1S/C22H21N3O3/c1-14-4-8-19(12-15(14)2)25-21(26)17-7-11-20(23-13-17)24-18-9-5-16(6-10-18)22(27)28-3/h4-13H,1-3H3,(H,23,24)(H,25,26). The summed E-state index contributed by atoms with van der Waals surface area (Å²) in [5.41, 5.74) is 4.75. The number of amides is 1. The van der Waals surface area contributed by atoms with Crippen molar-refractivity contribution in [3.05, 3.63) is 83.0 Å². The van der Waals surface area contributed by atoms with Crippen molar-refractivity contribution in [1.29, 1.82) is 0 Å². The molecule has 0 unspecified atom stereocenters. The van der Waals surface area contributed by atoms with Crippen LogP contribution in [0.25, 0.3) is 0 Å². The molecule has 28 heavy (non-hydrogen) atoms. The van der Waals surface area contributed by atoms with Crippen LogP contribution in [0.5, 0.6) is 0 Å². The van der Waals surface area contributed by atoms with Gasteiger partial charge in [-0.2, -0.15) is 0 Å². The Labute approximate surface area is 163 Å². The topological polar surface area (TPSA) is 80.3 Å². The average Bonchev–Trinajstić information content (AvgIpc) is 2.71. The monoisotopic (exact) mass is 375 g/mol. The van der Waals surface area contributed by atoms with E-state index >= 15 is 0 Å². The fourth-order valence-electron chi connectivity index (χ4n) is 2.58. The van der Waals surface area contributed by atoms with E-state index in [0.717, 1.165) is 16.9 Å². The van der Waals surface area contributed by atoms with E-state index in [0.29, 0.717) is 16.9 Å². The van der Waals surface area contributed by atoms with Gasteiger partial charge in [-0.15, -0.1) is 0 Å².